The molecule has 0 aliphatic heterocycles. The molecule has 1 aliphatic rings. The van der Waals surface area contributed by atoms with E-state index in [1.165, 1.54) is 0 Å². The van der Waals surface area contributed by atoms with E-state index in [1.807, 2.05) is 32.1 Å². The molecule has 1 saturated carbocycles. The summed E-state index contributed by atoms with van der Waals surface area (Å²) in [7, 11) is 2.11. The first kappa shape index (κ1) is 21.1. The lowest BCUT2D eigenvalue weighted by Gasteiger charge is -2.35. The number of rotatable bonds is 7. The minimum atomic E-state index is 0.128. The summed E-state index contributed by atoms with van der Waals surface area (Å²) < 4.78 is 6.00. The molecule has 0 atom stereocenters. The van der Waals surface area contributed by atoms with Gasteiger partial charge in [0.15, 0.2) is 5.69 Å². The van der Waals surface area contributed by atoms with Gasteiger partial charge in [0.25, 0.3) is 0 Å². The van der Waals surface area contributed by atoms with Crippen LogP contribution in [0, 0.1) is 11.3 Å². The number of carbonyl (C=O) groups is 1. The molecule has 0 bridgehead atoms. The van der Waals surface area contributed by atoms with Crippen molar-refractivity contribution < 1.29 is 9.53 Å². The molecule has 1 aromatic rings. The second-order valence-corrected chi connectivity index (χ2v) is 7.16. The normalized spacial score (nSPS) is 21.0. The first-order valence-electron chi connectivity index (χ1n) is 9.21. The lowest BCUT2D eigenvalue weighted by molar-refractivity contribution is -0.104. The molecule has 27 heavy (non-hydrogen) atoms. The van der Waals surface area contributed by atoms with Gasteiger partial charge in [0.2, 0.25) is 0 Å². The van der Waals surface area contributed by atoms with E-state index in [-0.39, 0.29) is 11.8 Å². The SMILES string of the molecule is C/C=C(C=O)\C(=C/C)CN(C)C1CCC(Oc2cnc(C#N)c(Cl)c2)CC1. The Morgan fingerprint density at radius 2 is 2.07 bits per heavy atom. The topological polar surface area (TPSA) is 66.2 Å². The van der Waals surface area contributed by atoms with Crippen LogP contribution < -0.4 is 4.74 Å². The van der Waals surface area contributed by atoms with Crippen LogP contribution in [0.1, 0.15) is 45.2 Å². The number of nitrogens with zero attached hydrogens (tertiary/aromatic N) is 3. The van der Waals surface area contributed by atoms with E-state index in [0.29, 0.717) is 16.8 Å². The third-order valence-corrected chi connectivity index (χ3v) is 5.36. The number of carbonyl (C=O) groups excluding carboxylic acids is 1. The highest BCUT2D eigenvalue weighted by molar-refractivity contribution is 6.31. The van der Waals surface area contributed by atoms with Crippen LogP contribution in [0.15, 0.2) is 35.6 Å². The lowest BCUT2D eigenvalue weighted by Crippen LogP contribution is -2.38. The summed E-state index contributed by atoms with van der Waals surface area (Å²) in [6.07, 6.45) is 10.4. The molecule has 2 rings (SSSR count). The number of likely N-dealkylation sites (N-methyl/N-ethyl adjacent to an activating group) is 1. The maximum Gasteiger partial charge on any atom is 0.159 e. The van der Waals surface area contributed by atoms with Crippen molar-refractivity contribution in [2.75, 3.05) is 13.6 Å². The van der Waals surface area contributed by atoms with Gasteiger partial charge in [-0.1, -0.05) is 23.8 Å². The average Bonchev–Trinajstić information content (AvgIpc) is 2.68. The van der Waals surface area contributed by atoms with Gasteiger partial charge in [-0.15, -0.1) is 0 Å². The molecular formula is C21H26ClN3O2. The molecule has 1 fully saturated rings. The molecule has 5 nitrogen and oxygen atoms in total. The molecule has 0 spiro atoms. The number of nitriles is 1. The summed E-state index contributed by atoms with van der Waals surface area (Å²) in [5.74, 6) is 0.607. The molecule has 0 N–H and O–H groups in total. The van der Waals surface area contributed by atoms with Crippen LogP contribution >= 0.6 is 11.6 Å². The molecule has 0 amide bonds. The molecular weight excluding hydrogens is 362 g/mol. The summed E-state index contributed by atoms with van der Waals surface area (Å²) in [5, 5.41) is 9.21. The number of hydrogen-bond donors (Lipinski definition) is 0. The van der Waals surface area contributed by atoms with Crippen molar-refractivity contribution in [1.82, 2.24) is 9.88 Å². The molecule has 0 aromatic carbocycles. The predicted octanol–water partition coefficient (Wildman–Crippen LogP) is 4.32. The van der Waals surface area contributed by atoms with E-state index in [1.54, 1.807) is 12.3 Å². The van der Waals surface area contributed by atoms with Crippen LogP contribution in [-0.4, -0.2) is 41.9 Å². The molecule has 1 aromatic heterocycles. The highest BCUT2D eigenvalue weighted by Crippen LogP contribution is 2.28. The van der Waals surface area contributed by atoms with Crippen LogP contribution in [-0.2, 0) is 4.79 Å². The summed E-state index contributed by atoms with van der Waals surface area (Å²) in [5.41, 5.74) is 2.03. The largest absolute Gasteiger partial charge is 0.489 e. The van der Waals surface area contributed by atoms with Gasteiger partial charge in [-0.2, -0.15) is 5.26 Å². The highest BCUT2D eigenvalue weighted by atomic mass is 35.5. The summed E-state index contributed by atoms with van der Waals surface area (Å²) in [6.45, 7) is 4.62. The number of aldehydes is 1. The van der Waals surface area contributed by atoms with Gasteiger partial charge in [0, 0.05) is 24.2 Å². The highest BCUT2D eigenvalue weighted by Gasteiger charge is 2.26. The smallest absolute Gasteiger partial charge is 0.159 e. The quantitative estimate of drug-likeness (QED) is 0.396. The van der Waals surface area contributed by atoms with Crippen molar-refractivity contribution in [3.63, 3.8) is 0 Å². The Labute approximate surface area is 166 Å². The van der Waals surface area contributed by atoms with Crippen LogP contribution in [0.3, 0.4) is 0 Å². The maximum absolute atomic E-state index is 11.2. The third-order valence-electron chi connectivity index (χ3n) is 5.07. The Balaban J connectivity index is 1.88. The van der Waals surface area contributed by atoms with E-state index in [9.17, 15) is 4.79 Å². The van der Waals surface area contributed by atoms with E-state index >= 15 is 0 Å². The molecule has 0 unspecified atom stereocenters. The number of halogens is 1. The minimum Gasteiger partial charge on any atom is -0.489 e. The summed E-state index contributed by atoms with van der Waals surface area (Å²) in [6, 6.07) is 4.07. The fraction of sp³-hybridized carbons (Fsp3) is 0.476. The van der Waals surface area contributed by atoms with Crippen LogP contribution in [0.4, 0.5) is 0 Å². The van der Waals surface area contributed by atoms with E-state index in [4.69, 9.17) is 21.6 Å². The monoisotopic (exact) mass is 387 g/mol. The molecule has 1 aliphatic carbocycles. The fourth-order valence-electron chi connectivity index (χ4n) is 3.44. The van der Waals surface area contributed by atoms with Crippen molar-refractivity contribution in [3.05, 3.63) is 46.3 Å². The van der Waals surface area contributed by atoms with Gasteiger partial charge < -0.3 is 4.74 Å². The van der Waals surface area contributed by atoms with Gasteiger partial charge >= 0.3 is 0 Å². The average molecular weight is 388 g/mol. The van der Waals surface area contributed by atoms with Crippen LogP contribution in [0.25, 0.3) is 0 Å². The van der Waals surface area contributed by atoms with E-state index in [0.717, 1.165) is 49.7 Å². The summed E-state index contributed by atoms with van der Waals surface area (Å²) >= 11 is 6.02. The number of pyridine rings is 1. The molecule has 6 heteroatoms. The second kappa shape index (κ2) is 10.2. The third kappa shape index (κ3) is 5.66. The van der Waals surface area contributed by atoms with Crippen molar-refractivity contribution in [3.8, 4) is 11.8 Å². The molecule has 0 saturated heterocycles. The van der Waals surface area contributed by atoms with Crippen molar-refractivity contribution in [2.45, 2.75) is 51.7 Å². The Morgan fingerprint density at radius 1 is 1.37 bits per heavy atom. The lowest BCUT2D eigenvalue weighted by atomic mass is 9.91. The Bertz CT molecular complexity index is 759. The number of ether oxygens (including phenoxy) is 1. The zero-order valence-electron chi connectivity index (χ0n) is 16.1. The number of aromatic nitrogens is 1. The zero-order valence-corrected chi connectivity index (χ0v) is 16.9. The fourth-order valence-corrected chi connectivity index (χ4v) is 3.64. The minimum absolute atomic E-state index is 0.128. The second-order valence-electron chi connectivity index (χ2n) is 6.75. The molecule has 1 heterocycles. The van der Waals surface area contributed by atoms with Crippen LogP contribution in [0.5, 0.6) is 5.75 Å². The first-order chi connectivity index (χ1) is 13.0. The van der Waals surface area contributed by atoms with E-state index in [2.05, 4.69) is 16.9 Å². The van der Waals surface area contributed by atoms with Crippen molar-refractivity contribution in [2.24, 2.45) is 0 Å². The molecule has 0 radical (unpaired) electrons. The van der Waals surface area contributed by atoms with Gasteiger partial charge in [-0.3, -0.25) is 9.69 Å². The van der Waals surface area contributed by atoms with Gasteiger partial charge in [-0.05, 0) is 52.2 Å². The predicted molar refractivity (Wildman–Crippen MR) is 107 cm³/mol. The first-order valence-corrected chi connectivity index (χ1v) is 9.59. The number of allylic oxidation sites excluding steroid dienone is 2. The Morgan fingerprint density at radius 3 is 2.59 bits per heavy atom. The van der Waals surface area contributed by atoms with Gasteiger partial charge in [0.1, 0.15) is 18.1 Å². The Hall–Kier alpha value is -2.16. The van der Waals surface area contributed by atoms with E-state index < -0.39 is 0 Å². The standard InChI is InChI=1S/C21H26ClN3O2/c1-4-15(16(5-2)14-26)13-25(3)17-6-8-18(9-7-17)27-19-10-20(22)21(11-23)24-12-19/h4-5,10,12,14,17-18H,6-9,13H2,1-3H3/b15-4-,16-5-. The Kier molecular flexibility index (Phi) is 8.02. The van der Waals surface area contributed by atoms with Gasteiger partial charge in [0.05, 0.1) is 17.3 Å². The summed E-state index contributed by atoms with van der Waals surface area (Å²) in [4.78, 5) is 17.5. The van der Waals surface area contributed by atoms with Crippen molar-refractivity contribution in [1.29, 1.82) is 5.26 Å². The van der Waals surface area contributed by atoms with Crippen LogP contribution in [0.2, 0.25) is 5.02 Å². The zero-order chi connectivity index (χ0) is 19.8. The van der Waals surface area contributed by atoms with Crippen molar-refractivity contribution >= 4 is 17.9 Å². The maximum atomic E-state index is 11.2. The molecule has 144 valence electrons. The van der Waals surface area contributed by atoms with Gasteiger partial charge in [-0.25, -0.2) is 4.98 Å². The number of hydrogen-bond acceptors (Lipinski definition) is 5.